The molecule has 1 unspecified atom stereocenters. The van der Waals surface area contributed by atoms with E-state index in [0.29, 0.717) is 39.9 Å². The summed E-state index contributed by atoms with van der Waals surface area (Å²) in [6.07, 6.45) is 1.18. The van der Waals surface area contributed by atoms with Gasteiger partial charge in [-0.25, -0.2) is 15.2 Å². The maximum absolute atomic E-state index is 14.3. The lowest BCUT2D eigenvalue weighted by atomic mass is 10.2. The molecular weight excluding hydrogens is 603 g/mol. The molecule has 0 saturated heterocycles. The molecule has 2 aromatic carbocycles. The fraction of sp³-hybridized carbons (Fsp3) is 0.452. The Kier molecular flexibility index (Phi) is 12.9. The molecular formula is C31H43N4O7PS. The Hall–Kier alpha value is -3.28. The number of ether oxygens (including phenoxy) is 4. The van der Waals surface area contributed by atoms with Crippen LogP contribution in [0.25, 0.3) is 0 Å². The molecule has 11 nitrogen and oxygen atoms in total. The zero-order valence-electron chi connectivity index (χ0n) is 26.5. The maximum atomic E-state index is 14.3. The van der Waals surface area contributed by atoms with E-state index in [-0.39, 0.29) is 30.3 Å². The molecule has 1 amide bonds. The summed E-state index contributed by atoms with van der Waals surface area (Å²) in [6, 6.07) is 10.5. The first-order valence-corrected chi connectivity index (χ1v) is 17.1. The van der Waals surface area contributed by atoms with Crippen molar-refractivity contribution in [2.24, 2.45) is 0 Å². The number of carbonyl (C=O) groups is 2. The van der Waals surface area contributed by atoms with Gasteiger partial charge in [-0.2, -0.15) is 0 Å². The number of aromatic nitrogens is 1. The summed E-state index contributed by atoms with van der Waals surface area (Å²) in [5.74, 6) is 0.427. The monoisotopic (exact) mass is 646 g/mol. The van der Waals surface area contributed by atoms with E-state index in [1.165, 1.54) is 11.3 Å². The highest BCUT2D eigenvalue weighted by molar-refractivity contribution is 7.67. The number of hydrogen-bond donors (Lipinski definition) is 3. The summed E-state index contributed by atoms with van der Waals surface area (Å²) in [6.45, 7) is 14.9. The first-order valence-electron chi connectivity index (χ1n) is 14.5. The van der Waals surface area contributed by atoms with Crippen molar-refractivity contribution in [1.29, 1.82) is 0 Å². The predicted molar refractivity (Wildman–Crippen MR) is 174 cm³/mol. The van der Waals surface area contributed by atoms with Crippen molar-refractivity contribution in [2.75, 3.05) is 11.9 Å². The predicted octanol–water partition coefficient (Wildman–Crippen LogP) is 6.13. The highest BCUT2D eigenvalue weighted by Crippen LogP contribution is 2.38. The molecule has 0 bridgehead atoms. The minimum atomic E-state index is -3.53. The molecule has 3 aromatic rings. The van der Waals surface area contributed by atoms with Crippen molar-refractivity contribution < 1.29 is 33.1 Å². The third-order valence-electron chi connectivity index (χ3n) is 5.77. The van der Waals surface area contributed by atoms with Crippen LogP contribution in [0.15, 0.2) is 54.0 Å². The van der Waals surface area contributed by atoms with Crippen LogP contribution in [-0.4, -0.2) is 53.9 Å². The average molecular weight is 647 g/mol. The zero-order chi connectivity index (χ0) is 32.4. The molecule has 0 aliphatic rings. The second-order valence-electron chi connectivity index (χ2n) is 11.1. The fourth-order valence-corrected chi connectivity index (χ4v) is 6.76. The van der Waals surface area contributed by atoms with Gasteiger partial charge < -0.3 is 18.9 Å². The minimum Gasteiger partial charge on any atom is -0.491 e. The second kappa shape index (κ2) is 16.2. The lowest BCUT2D eigenvalue weighted by molar-refractivity contribution is -0.148. The Balaban J connectivity index is 1.86. The van der Waals surface area contributed by atoms with E-state index in [1.807, 2.05) is 34.6 Å². The Labute approximate surface area is 263 Å². The molecule has 0 aliphatic carbocycles. The first kappa shape index (κ1) is 35.2. The van der Waals surface area contributed by atoms with Gasteiger partial charge in [0, 0.05) is 34.6 Å². The Morgan fingerprint density at radius 2 is 1.55 bits per heavy atom. The zero-order valence-corrected chi connectivity index (χ0v) is 28.2. The van der Waals surface area contributed by atoms with Crippen LogP contribution in [0.3, 0.4) is 0 Å². The van der Waals surface area contributed by atoms with Gasteiger partial charge in [0.1, 0.15) is 23.3 Å². The minimum absolute atomic E-state index is 0.00589. The summed E-state index contributed by atoms with van der Waals surface area (Å²) in [5.41, 5.74) is 0.336. The molecule has 3 N–H and O–H groups in total. The number of hydrogen-bond acceptors (Lipinski definition) is 9. The summed E-state index contributed by atoms with van der Waals surface area (Å²) in [5, 5.41) is 11.6. The molecule has 0 spiro atoms. The molecule has 0 saturated carbocycles. The first-order chi connectivity index (χ1) is 20.7. The van der Waals surface area contributed by atoms with Gasteiger partial charge >= 0.3 is 5.97 Å². The van der Waals surface area contributed by atoms with Crippen LogP contribution in [0.4, 0.5) is 5.13 Å². The molecule has 1 heterocycles. The van der Waals surface area contributed by atoms with Crippen LogP contribution in [-0.2, 0) is 18.8 Å². The van der Waals surface area contributed by atoms with E-state index in [1.54, 1.807) is 74.8 Å². The molecule has 240 valence electrons. The quantitative estimate of drug-likeness (QED) is 0.123. The third kappa shape index (κ3) is 11.0. The van der Waals surface area contributed by atoms with Crippen LogP contribution < -0.4 is 30.3 Å². The van der Waals surface area contributed by atoms with Gasteiger partial charge in [-0.05, 0) is 91.8 Å². The van der Waals surface area contributed by atoms with Gasteiger partial charge in [0.25, 0.3) is 5.91 Å². The Morgan fingerprint density at radius 1 is 0.864 bits per heavy atom. The molecule has 13 heteroatoms. The van der Waals surface area contributed by atoms with Crippen molar-refractivity contribution in [2.45, 2.75) is 85.8 Å². The summed E-state index contributed by atoms with van der Waals surface area (Å²) in [4.78, 5) is 29.6. The number of carbonyl (C=O) groups excluding carboxylic acids is 2. The highest BCUT2D eigenvalue weighted by atomic mass is 32.1. The molecule has 0 aliphatic heterocycles. The number of nitrogens with zero attached hydrogens (tertiary/aromatic N) is 1. The molecule has 1 aromatic heterocycles. The number of anilines is 1. The summed E-state index contributed by atoms with van der Waals surface area (Å²) >= 11 is 1.31. The second-order valence-corrected chi connectivity index (χ2v) is 14.3. The smallest absolute Gasteiger partial charge is 0.323 e. The number of esters is 1. The maximum Gasteiger partial charge on any atom is 0.323 e. The van der Waals surface area contributed by atoms with Crippen LogP contribution >= 0.6 is 18.8 Å². The molecule has 3 rings (SSSR count). The molecule has 44 heavy (non-hydrogen) atoms. The van der Waals surface area contributed by atoms with Crippen LogP contribution in [0, 0.1) is 0 Å². The normalized spacial score (nSPS) is 14.2. The standard InChI is InChI=1S/C31H43N4O7PS/c1-19(2)39-18-22(7)34-43(38,35-23(8)30(37)41-21(5)6)28-11-9-25(10-12-28)42-27-16-24(15-26(17-27)40-20(3)4)29(36)33-31-32-13-14-44-31/h9-17,19-23H,18H2,1-8H3,(H,32,33,36)(H2,34,35,38)/t22-,23-,43?/m0/s1. The van der Waals surface area contributed by atoms with Gasteiger partial charge in [-0.15, -0.1) is 11.3 Å². The fourth-order valence-electron chi connectivity index (χ4n) is 3.95. The number of rotatable bonds is 16. The van der Waals surface area contributed by atoms with E-state index in [9.17, 15) is 14.2 Å². The van der Waals surface area contributed by atoms with Crippen LogP contribution in [0.1, 0.15) is 65.7 Å². The lowest BCUT2D eigenvalue weighted by Gasteiger charge is -2.28. The summed E-state index contributed by atoms with van der Waals surface area (Å²) < 4.78 is 37.3. The SMILES string of the molecule is CC(C)OC[C@H](C)NP(=O)(N[C@@H](C)C(=O)OC(C)C)c1ccc(Oc2cc(OC(C)C)cc(C(=O)Nc3nccs3)c2)cc1. The van der Waals surface area contributed by atoms with Gasteiger partial charge in [0.15, 0.2) is 5.13 Å². The van der Waals surface area contributed by atoms with Crippen LogP contribution in [0.5, 0.6) is 17.2 Å². The molecule has 3 atom stereocenters. The third-order valence-corrected chi connectivity index (χ3v) is 9.03. The van der Waals surface area contributed by atoms with Crippen molar-refractivity contribution in [3.05, 3.63) is 59.6 Å². The largest absolute Gasteiger partial charge is 0.491 e. The Morgan fingerprint density at radius 3 is 2.14 bits per heavy atom. The topological polar surface area (TPSA) is 137 Å². The number of nitrogens with one attached hydrogen (secondary N) is 3. The van der Waals surface area contributed by atoms with Crippen LogP contribution in [0.2, 0.25) is 0 Å². The molecule has 0 radical (unpaired) electrons. The Bertz CT molecular complexity index is 1410. The van der Waals surface area contributed by atoms with Gasteiger partial charge in [-0.1, -0.05) is 0 Å². The number of amides is 1. The van der Waals surface area contributed by atoms with Gasteiger partial charge in [0.2, 0.25) is 7.44 Å². The number of thiazole rings is 1. The average Bonchev–Trinajstić information content (AvgIpc) is 3.44. The van der Waals surface area contributed by atoms with E-state index in [2.05, 4.69) is 20.5 Å². The number of benzene rings is 2. The highest BCUT2D eigenvalue weighted by Gasteiger charge is 2.32. The van der Waals surface area contributed by atoms with Crippen molar-refractivity contribution in [3.63, 3.8) is 0 Å². The van der Waals surface area contributed by atoms with Crippen molar-refractivity contribution in [3.8, 4) is 17.2 Å². The molecule has 0 fully saturated rings. The van der Waals surface area contributed by atoms with Gasteiger partial charge in [0.05, 0.1) is 24.9 Å². The summed E-state index contributed by atoms with van der Waals surface area (Å²) in [7, 11) is -3.53. The lowest BCUT2D eigenvalue weighted by Crippen LogP contribution is -2.43. The van der Waals surface area contributed by atoms with E-state index in [0.717, 1.165) is 0 Å². The van der Waals surface area contributed by atoms with E-state index < -0.39 is 19.5 Å². The van der Waals surface area contributed by atoms with Crippen molar-refractivity contribution >= 4 is 41.1 Å². The van der Waals surface area contributed by atoms with Gasteiger partial charge in [-0.3, -0.25) is 19.5 Å². The van der Waals surface area contributed by atoms with Crippen molar-refractivity contribution in [1.82, 2.24) is 15.2 Å². The van der Waals surface area contributed by atoms with E-state index in [4.69, 9.17) is 18.9 Å². The van der Waals surface area contributed by atoms with E-state index >= 15 is 0 Å².